The summed E-state index contributed by atoms with van der Waals surface area (Å²) in [6.07, 6.45) is 1.45. The van der Waals surface area contributed by atoms with Crippen LogP contribution in [0.15, 0.2) is 28.9 Å². The van der Waals surface area contributed by atoms with E-state index in [-0.39, 0.29) is 0 Å². The molecule has 0 amide bonds. The maximum Gasteiger partial charge on any atom is 0.170 e. The molecular weight excluding hydrogens is 309 g/mol. The molecule has 3 rings (SSSR count). The van der Waals surface area contributed by atoms with Crippen molar-refractivity contribution in [2.24, 2.45) is 0 Å². The van der Waals surface area contributed by atoms with Crippen LogP contribution in [0.3, 0.4) is 0 Å². The van der Waals surface area contributed by atoms with Crippen LogP contribution in [0.5, 0.6) is 0 Å². The number of para-hydroxylation sites is 1. The molecule has 2 aromatic rings. The predicted octanol–water partition coefficient (Wildman–Crippen LogP) is 3.69. The molecule has 0 aliphatic carbocycles. The fraction of sp³-hybridized carbons (Fsp3) is 0.357. The van der Waals surface area contributed by atoms with Crippen LogP contribution in [0, 0.1) is 0 Å². The SMILES string of the molecule is CCn1ncc(Br)c1C(F)c1cccc2c1NCC2. The van der Waals surface area contributed by atoms with E-state index in [1.165, 1.54) is 5.56 Å². The van der Waals surface area contributed by atoms with E-state index in [0.29, 0.717) is 17.8 Å². The molecule has 19 heavy (non-hydrogen) atoms. The molecule has 3 nitrogen and oxygen atoms in total. The Hall–Kier alpha value is -1.36. The number of rotatable bonds is 3. The molecule has 5 heteroatoms. The van der Waals surface area contributed by atoms with Crippen molar-refractivity contribution >= 4 is 21.6 Å². The van der Waals surface area contributed by atoms with Crippen LogP contribution in [0.1, 0.15) is 29.9 Å². The molecular formula is C14H15BrFN3. The molecule has 2 heterocycles. The molecule has 1 atom stereocenters. The summed E-state index contributed by atoms with van der Waals surface area (Å²) in [4.78, 5) is 0. The Labute approximate surface area is 119 Å². The highest BCUT2D eigenvalue weighted by Gasteiger charge is 2.25. The number of aromatic nitrogens is 2. The van der Waals surface area contributed by atoms with Crippen molar-refractivity contribution in [2.75, 3.05) is 11.9 Å². The molecule has 1 aromatic carbocycles. The van der Waals surface area contributed by atoms with Gasteiger partial charge in [0, 0.05) is 24.3 Å². The van der Waals surface area contributed by atoms with Gasteiger partial charge in [0.1, 0.15) is 0 Å². The summed E-state index contributed by atoms with van der Waals surface area (Å²) in [5.41, 5.74) is 3.43. The number of hydrogen-bond donors (Lipinski definition) is 1. The number of aryl methyl sites for hydroxylation is 1. The maximum atomic E-state index is 14.9. The summed E-state index contributed by atoms with van der Waals surface area (Å²) in [5, 5.41) is 7.47. The molecule has 0 saturated carbocycles. The lowest BCUT2D eigenvalue weighted by atomic mass is 10.0. The van der Waals surface area contributed by atoms with E-state index in [9.17, 15) is 4.39 Å². The summed E-state index contributed by atoms with van der Waals surface area (Å²) in [7, 11) is 0. The third-order valence-electron chi connectivity index (χ3n) is 3.52. The summed E-state index contributed by atoms with van der Waals surface area (Å²) in [6.45, 7) is 3.50. The van der Waals surface area contributed by atoms with Gasteiger partial charge in [0.15, 0.2) is 6.17 Å². The van der Waals surface area contributed by atoms with Gasteiger partial charge in [0.05, 0.1) is 16.4 Å². The number of nitrogens with zero attached hydrogens (tertiary/aromatic N) is 2. The van der Waals surface area contributed by atoms with Crippen LogP contribution in [0.25, 0.3) is 0 Å². The minimum Gasteiger partial charge on any atom is -0.384 e. The van der Waals surface area contributed by atoms with Gasteiger partial charge in [-0.3, -0.25) is 4.68 Å². The van der Waals surface area contributed by atoms with Crippen LogP contribution in [-0.4, -0.2) is 16.3 Å². The lowest BCUT2D eigenvalue weighted by Crippen LogP contribution is -2.08. The first kappa shape index (κ1) is 12.7. The first-order chi connectivity index (χ1) is 9.22. The van der Waals surface area contributed by atoms with Gasteiger partial charge in [-0.1, -0.05) is 18.2 Å². The minimum atomic E-state index is -1.17. The van der Waals surface area contributed by atoms with Crippen molar-refractivity contribution in [3.63, 3.8) is 0 Å². The van der Waals surface area contributed by atoms with Crippen molar-refractivity contribution < 1.29 is 4.39 Å². The highest BCUT2D eigenvalue weighted by atomic mass is 79.9. The van der Waals surface area contributed by atoms with Crippen molar-refractivity contribution in [3.8, 4) is 0 Å². The van der Waals surface area contributed by atoms with Crippen molar-refractivity contribution in [1.29, 1.82) is 0 Å². The Morgan fingerprint density at radius 1 is 1.53 bits per heavy atom. The zero-order chi connectivity index (χ0) is 13.4. The van der Waals surface area contributed by atoms with Gasteiger partial charge in [-0.25, -0.2) is 4.39 Å². The topological polar surface area (TPSA) is 29.9 Å². The van der Waals surface area contributed by atoms with Crippen molar-refractivity contribution in [1.82, 2.24) is 9.78 Å². The quantitative estimate of drug-likeness (QED) is 0.933. The van der Waals surface area contributed by atoms with E-state index in [2.05, 4.69) is 32.4 Å². The van der Waals surface area contributed by atoms with E-state index in [0.717, 1.165) is 23.1 Å². The van der Waals surface area contributed by atoms with Crippen LogP contribution in [-0.2, 0) is 13.0 Å². The highest BCUT2D eigenvalue weighted by Crippen LogP contribution is 2.38. The van der Waals surface area contributed by atoms with Gasteiger partial charge in [-0.05, 0) is 34.8 Å². The number of alkyl halides is 1. The van der Waals surface area contributed by atoms with Crippen molar-refractivity contribution in [2.45, 2.75) is 26.1 Å². The number of halogens is 2. The molecule has 1 N–H and O–H groups in total. The van der Waals surface area contributed by atoms with Crippen LogP contribution >= 0.6 is 15.9 Å². The second-order valence-corrected chi connectivity index (χ2v) is 5.47. The van der Waals surface area contributed by atoms with Crippen LogP contribution in [0.4, 0.5) is 10.1 Å². The van der Waals surface area contributed by atoms with Gasteiger partial charge in [0.2, 0.25) is 0 Å². The monoisotopic (exact) mass is 323 g/mol. The average molecular weight is 324 g/mol. The van der Waals surface area contributed by atoms with E-state index >= 15 is 0 Å². The highest BCUT2D eigenvalue weighted by molar-refractivity contribution is 9.10. The summed E-state index contributed by atoms with van der Waals surface area (Å²) in [5.74, 6) is 0. The maximum absolute atomic E-state index is 14.9. The Morgan fingerprint density at radius 2 is 2.37 bits per heavy atom. The summed E-state index contributed by atoms with van der Waals surface area (Å²) < 4.78 is 17.4. The molecule has 0 saturated heterocycles. The molecule has 1 aromatic heterocycles. The number of benzene rings is 1. The molecule has 0 spiro atoms. The largest absolute Gasteiger partial charge is 0.384 e. The van der Waals surface area contributed by atoms with E-state index in [4.69, 9.17) is 0 Å². The average Bonchev–Trinajstić information content (AvgIpc) is 3.03. The van der Waals surface area contributed by atoms with Crippen molar-refractivity contribution in [3.05, 3.63) is 45.7 Å². The van der Waals surface area contributed by atoms with E-state index in [1.807, 2.05) is 19.1 Å². The fourth-order valence-corrected chi connectivity index (χ4v) is 3.10. The lowest BCUT2D eigenvalue weighted by molar-refractivity contribution is 0.373. The predicted molar refractivity (Wildman–Crippen MR) is 77.2 cm³/mol. The molecule has 0 bridgehead atoms. The van der Waals surface area contributed by atoms with Crippen LogP contribution in [0.2, 0.25) is 0 Å². The number of hydrogen-bond acceptors (Lipinski definition) is 2. The fourth-order valence-electron chi connectivity index (χ4n) is 2.60. The van der Waals surface area contributed by atoms with Gasteiger partial charge in [-0.15, -0.1) is 0 Å². The zero-order valence-corrected chi connectivity index (χ0v) is 12.2. The molecule has 0 radical (unpaired) electrons. The van der Waals surface area contributed by atoms with E-state index in [1.54, 1.807) is 10.9 Å². The van der Waals surface area contributed by atoms with Gasteiger partial charge in [-0.2, -0.15) is 5.10 Å². The molecule has 1 aliphatic rings. The molecule has 1 unspecified atom stereocenters. The second-order valence-electron chi connectivity index (χ2n) is 4.61. The standard InChI is InChI=1S/C14H15BrFN3/c1-2-19-14(11(15)8-18-19)12(16)10-5-3-4-9-6-7-17-13(9)10/h3-5,8,12,17H,2,6-7H2,1H3. The smallest absolute Gasteiger partial charge is 0.170 e. The molecule has 100 valence electrons. The second kappa shape index (κ2) is 4.96. The zero-order valence-electron chi connectivity index (χ0n) is 10.7. The summed E-state index contributed by atoms with van der Waals surface area (Å²) >= 11 is 3.39. The lowest BCUT2D eigenvalue weighted by Gasteiger charge is -2.15. The Morgan fingerprint density at radius 3 is 3.16 bits per heavy atom. The number of fused-ring (bicyclic) bond motifs is 1. The normalized spacial score (nSPS) is 15.1. The molecule has 0 fully saturated rings. The molecule has 1 aliphatic heterocycles. The van der Waals surface area contributed by atoms with Crippen LogP contribution < -0.4 is 5.32 Å². The van der Waals surface area contributed by atoms with Gasteiger partial charge < -0.3 is 5.32 Å². The number of anilines is 1. The first-order valence-corrected chi connectivity index (χ1v) is 7.22. The van der Waals surface area contributed by atoms with E-state index < -0.39 is 6.17 Å². The Kier molecular flexibility index (Phi) is 3.31. The van der Waals surface area contributed by atoms with Gasteiger partial charge >= 0.3 is 0 Å². The summed E-state index contributed by atoms with van der Waals surface area (Å²) in [6, 6.07) is 5.83. The first-order valence-electron chi connectivity index (χ1n) is 6.43. The number of nitrogens with one attached hydrogen (secondary N) is 1. The third kappa shape index (κ3) is 2.06. The Balaban J connectivity index is 2.07. The van der Waals surface area contributed by atoms with Gasteiger partial charge in [0.25, 0.3) is 0 Å². The third-order valence-corrected chi connectivity index (χ3v) is 4.14. The Bertz CT molecular complexity index is 609. The minimum absolute atomic E-state index is 0.588.